The molecule has 0 radical (unpaired) electrons. The molecule has 1 amide bonds. The average Bonchev–Trinajstić information content (AvgIpc) is 3.00. The number of methoxy groups -OCH3 is 1. The fourth-order valence-electron chi connectivity index (χ4n) is 2.91. The largest absolute Gasteiger partial charge is 0.497 e. The van der Waals surface area contributed by atoms with E-state index in [1.807, 2.05) is 0 Å². The van der Waals surface area contributed by atoms with Gasteiger partial charge in [0.1, 0.15) is 11.4 Å². The van der Waals surface area contributed by atoms with Crippen LogP contribution in [-0.2, 0) is 17.1 Å². The lowest BCUT2D eigenvalue weighted by Gasteiger charge is -2.22. The summed E-state index contributed by atoms with van der Waals surface area (Å²) >= 11 is 0. The molecule has 11 nitrogen and oxygen atoms in total. The Kier molecular flexibility index (Phi) is 5.31. The Balaban J connectivity index is 2.22. The number of nitrogens with one attached hydrogen (secondary N) is 1. The number of ether oxygens (including phenoxy) is 2. The van der Waals surface area contributed by atoms with Crippen LogP contribution in [-0.4, -0.2) is 48.6 Å². The SMILES string of the molecule is COc1ccc(S(=O)(=O)N(C)c2c(OC(=O)NO)cnc3c2c(C)nn3C)cc1. The van der Waals surface area contributed by atoms with Gasteiger partial charge in [0.05, 0.1) is 29.3 Å². The molecule has 0 atom stereocenters. The van der Waals surface area contributed by atoms with Gasteiger partial charge in [-0.2, -0.15) is 5.10 Å². The Bertz CT molecular complexity index is 1170. The second-order valence-electron chi connectivity index (χ2n) is 6.03. The predicted octanol–water partition coefficient (Wildman–Crippen LogP) is 1.59. The number of hydrogen-bond acceptors (Lipinski definition) is 8. The molecule has 2 heterocycles. The van der Waals surface area contributed by atoms with E-state index in [9.17, 15) is 13.2 Å². The molecule has 3 aromatic rings. The number of aryl methyl sites for hydroxylation is 2. The topological polar surface area (TPSA) is 136 Å². The lowest BCUT2D eigenvalue weighted by molar-refractivity contribution is 0.127. The maximum Gasteiger partial charge on any atom is 0.436 e. The number of carbonyl (C=O) groups excluding carboxylic acids is 1. The molecule has 12 heteroatoms. The summed E-state index contributed by atoms with van der Waals surface area (Å²) in [6.45, 7) is 1.68. The summed E-state index contributed by atoms with van der Waals surface area (Å²) in [5.74, 6) is 0.337. The number of sulfonamides is 1. The van der Waals surface area contributed by atoms with Crippen molar-refractivity contribution in [3.05, 3.63) is 36.2 Å². The summed E-state index contributed by atoms with van der Waals surface area (Å²) in [6, 6.07) is 5.85. The van der Waals surface area contributed by atoms with Gasteiger partial charge in [-0.3, -0.25) is 14.2 Å². The molecule has 0 bridgehead atoms. The third-order valence-electron chi connectivity index (χ3n) is 4.29. The molecular weight excluding hydrogens is 402 g/mol. The first-order valence-electron chi connectivity index (χ1n) is 8.28. The van der Waals surface area contributed by atoms with Crippen LogP contribution >= 0.6 is 0 Å². The first kappa shape index (κ1) is 20.4. The van der Waals surface area contributed by atoms with E-state index in [4.69, 9.17) is 14.7 Å². The van der Waals surface area contributed by atoms with Gasteiger partial charge in [0.2, 0.25) is 0 Å². The Hall–Kier alpha value is -3.38. The molecule has 0 aliphatic heterocycles. The fourth-order valence-corrected chi connectivity index (χ4v) is 4.13. The summed E-state index contributed by atoms with van der Waals surface area (Å²) in [5, 5.41) is 13.4. The van der Waals surface area contributed by atoms with E-state index in [2.05, 4.69) is 10.1 Å². The summed E-state index contributed by atoms with van der Waals surface area (Å²) in [6.07, 6.45) is -0.00201. The second kappa shape index (κ2) is 7.56. The average molecular weight is 421 g/mol. The normalized spacial score (nSPS) is 11.3. The van der Waals surface area contributed by atoms with Gasteiger partial charge in [0.25, 0.3) is 10.0 Å². The first-order chi connectivity index (χ1) is 13.7. The third kappa shape index (κ3) is 3.54. The zero-order chi connectivity index (χ0) is 21.3. The van der Waals surface area contributed by atoms with E-state index in [1.165, 1.54) is 54.8 Å². The molecule has 0 fully saturated rings. The number of fused-ring (bicyclic) bond motifs is 1. The molecule has 0 aliphatic carbocycles. The maximum absolute atomic E-state index is 13.2. The smallest absolute Gasteiger partial charge is 0.436 e. The standard InChI is InChI=1S/C17H19N5O6S/c1-10-14-15(13(28-17(23)20-24)9-18-16(14)21(2)19-10)22(3)29(25,26)12-7-5-11(27-4)6-8-12/h5-9,24H,1-4H3,(H,20,23). The number of nitrogens with zero attached hydrogens (tertiary/aromatic N) is 4. The van der Waals surface area contributed by atoms with Crippen molar-refractivity contribution in [3.63, 3.8) is 0 Å². The Labute approximate surface area is 166 Å². The molecule has 29 heavy (non-hydrogen) atoms. The first-order valence-corrected chi connectivity index (χ1v) is 9.72. The van der Waals surface area contributed by atoms with E-state index in [0.717, 1.165) is 4.31 Å². The zero-order valence-electron chi connectivity index (χ0n) is 16.1. The lowest BCUT2D eigenvalue weighted by atomic mass is 10.2. The number of benzene rings is 1. The summed E-state index contributed by atoms with van der Waals surface area (Å²) in [4.78, 5) is 15.7. The zero-order valence-corrected chi connectivity index (χ0v) is 16.9. The number of rotatable bonds is 5. The highest BCUT2D eigenvalue weighted by Crippen LogP contribution is 2.39. The monoisotopic (exact) mass is 421 g/mol. The van der Waals surface area contributed by atoms with Crippen LogP contribution in [0.15, 0.2) is 35.4 Å². The number of pyridine rings is 1. The third-order valence-corrected chi connectivity index (χ3v) is 6.06. The van der Waals surface area contributed by atoms with E-state index < -0.39 is 16.1 Å². The molecule has 3 rings (SSSR count). The van der Waals surface area contributed by atoms with Crippen LogP contribution in [0.25, 0.3) is 11.0 Å². The number of hydrogen-bond donors (Lipinski definition) is 2. The molecule has 0 unspecified atom stereocenters. The van der Waals surface area contributed by atoms with Crippen molar-refractivity contribution in [2.45, 2.75) is 11.8 Å². The van der Waals surface area contributed by atoms with Crippen molar-refractivity contribution < 1.29 is 27.9 Å². The van der Waals surface area contributed by atoms with Crippen molar-refractivity contribution in [2.75, 3.05) is 18.5 Å². The molecule has 0 saturated heterocycles. The molecular formula is C17H19N5O6S. The summed E-state index contributed by atoms with van der Waals surface area (Å²) in [5.41, 5.74) is 2.27. The van der Waals surface area contributed by atoms with Crippen molar-refractivity contribution >= 4 is 32.8 Å². The summed E-state index contributed by atoms with van der Waals surface area (Å²) in [7, 11) is 0.416. The minimum absolute atomic E-state index is 0.00450. The molecule has 0 spiro atoms. The van der Waals surface area contributed by atoms with Crippen LogP contribution < -0.4 is 19.3 Å². The van der Waals surface area contributed by atoms with E-state index in [-0.39, 0.29) is 16.3 Å². The number of amides is 1. The lowest BCUT2D eigenvalue weighted by Crippen LogP contribution is -2.29. The van der Waals surface area contributed by atoms with Gasteiger partial charge in [0, 0.05) is 14.1 Å². The van der Waals surface area contributed by atoms with Gasteiger partial charge in [0.15, 0.2) is 11.4 Å². The van der Waals surface area contributed by atoms with Crippen molar-refractivity contribution in [1.82, 2.24) is 20.2 Å². The predicted molar refractivity (Wildman–Crippen MR) is 103 cm³/mol. The van der Waals surface area contributed by atoms with Gasteiger partial charge >= 0.3 is 6.09 Å². The van der Waals surface area contributed by atoms with Gasteiger partial charge in [-0.25, -0.2) is 23.7 Å². The number of carbonyl (C=O) groups is 1. The van der Waals surface area contributed by atoms with Gasteiger partial charge in [-0.05, 0) is 31.2 Å². The van der Waals surface area contributed by atoms with Crippen molar-refractivity contribution in [2.24, 2.45) is 7.05 Å². The number of anilines is 1. The van der Waals surface area contributed by atoms with Gasteiger partial charge in [-0.15, -0.1) is 0 Å². The van der Waals surface area contributed by atoms with Crippen LogP contribution in [0.1, 0.15) is 5.69 Å². The molecule has 0 saturated carbocycles. The van der Waals surface area contributed by atoms with Crippen molar-refractivity contribution in [1.29, 1.82) is 0 Å². The highest BCUT2D eigenvalue weighted by molar-refractivity contribution is 7.92. The molecule has 0 aliphatic rings. The van der Waals surface area contributed by atoms with Gasteiger partial charge in [-0.1, -0.05) is 0 Å². The summed E-state index contributed by atoms with van der Waals surface area (Å²) < 4.78 is 39.0. The quantitative estimate of drug-likeness (QED) is 0.468. The number of aromatic nitrogens is 3. The van der Waals surface area contributed by atoms with Crippen LogP contribution in [0.5, 0.6) is 11.5 Å². The van der Waals surface area contributed by atoms with Crippen LogP contribution in [0, 0.1) is 6.92 Å². The molecule has 2 N–H and O–H groups in total. The van der Waals surface area contributed by atoms with Crippen LogP contribution in [0.4, 0.5) is 10.5 Å². The highest BCUT2D eigenvalue weighted by atomic mass is 32.2. The van der Waals surface area contributed by atoms with Crippen molar-refractivity contribution in [3.8, 4) is 11.5 Å². The van der Waals surface area contributed by atoms with Crippen LogP contribution in [0.3, 0.4) is 0 Å². The Morgan fingerprint density at radius 3 is 2.52 bits per heavy atom. The highest BCUT2D eigenvalue weighted by Gasteiger charge is 2.29. The number of hydroxylamine groups is 1. The molecule has 1 aromatic carbocycles. The van der Waals surface area contributed by atoms with Crippen LogP contribution in [0.2, 0.25) is 0 Å². The van der Waals surface area contributed by atoms with E-state index in [1.54, 1.807) is 14.0 Å². The van der Waals surface area contributed by atoms with Gasteiger partial charge < -0.3 is 9.47 Å². The van der Waals surface area contributed by atoms with E-state index >= 15 is 0 Å². The maximum atomic E-state index is 13.2. The molecule has 2 aromatic heterocycles. The van der Waals surface area contributed by atoms with E-state index in [0.29, 0.717) is 22.5 Å². The minimum Gasteiger partial charge on any atom is -0.497 e. The fraction of sp³-hybridized carbons (Fsp3) is 0.235. The Morgan fingerprint density at radius 2 is 1.93 bits per heavy atom. The second-order valence-corrected chi connectivity index (χ2v) is 8.00. The minimum atomic E-state index is -4.04. The Morgan fingerprint density at radius 1 is 1.28 bits per heavy atom. The molecule has 154 valence electrons.